The molecule has 26 heavy (non-hydrogen) atoms. The Bertz CT molecular complexity index is 895. The van der Waals surface area contributed by atoms with E-state index in [0.717, 1.165) is 0 Å². The van der Waals surface area contributed by atoms with Crippen molar-refractivity contribution in [1.82, 2.24) is 15.8 Å². The number of carbonyl (C=O) groups excluding carboxylic acids is 2. The smallest absolute Gasteiger partial charge is 0.337 e. The third-order valence-electron chi connectivity index (χ3n) is 3.48. The van der Waals surface area contributed by atoms with Gasteiger partial charge in [-0.2, -0.15) is 0 Å². The van der Waals surface area contributed by atoms with E-state index >= 15 is 0 Å². The van der Waals surface area contributed by atoms with Crippen LogP contribution in [0.3, 0.4) is 0 Å². The second-order valence-corrected chi connectivity index (χ2v) is 5.18. The maximum atomic E-state index is 12.0. The van der Waals surface area contributed by atoms with Gasteiger partial charge < -0.3 is 14.5 Å². The summed E-state index contributed by atoms with van der Waals surface area (Å²) in [6.07, 6.45) is 2.89. The zero-order valence-electron chi connectivity index (χ0n) is 13.9. The van der Waals surface area contributed by atoms with Crippen molar-refractivity contribution in [3.63, 3.8) is 0 Å². The summed E-state index contributed by atoms with van der Waals surface area (Å²) in [7, 11) is 1.51. The lowest BCUT2D eigenvalue weighted by Gasteiger charge is -2.11. The minimum atomic E-state index is -0.594. The quantitative estimate of drug-likeness (QED) is 0.626. The molecule has 0 aliphatic rings. The molecule has 3 aromatic rings. The highest BCUT2D eigenvalue weighted by Gasteiger charge is 2.12. The first-order chi connectivity index (χ1) is 12.7. The van der Waals surface area contributed by atoms with E-state index in [2.05, 4.69) is 21.2 Å². The van der Waals surface area contributed by atoms with Crippen LogP contribution in [-0.4, -0.2) is 24.0 Å². The minimum Gasteiger partial charge on any atom is -0.496 e. The lowest BCUT2D eigenvalue weighted by molar-refractivity contribution is 0.0938. The van der Waals surface area contributed by atoms with Crippen molar-refractivity contribution in [3.8, 4) is 17.1 Å². The second kappa shape index (κ2) is 7.84. The number of aromatic nitrogens is 1. The topological polar surface area (TPSA) is 105 Å². The van der Waals surface area contributed by atoms with Crippen LogP contribution in [0.4, 0.5) is 10.5 Å². The average Bonchev–Trinajstić information content (AvgIpc) is 3.21. The van der Waals surface area contributed by atoms with Gasteiger partial charge in [-0.15, -0.1) is 0 Å². The van der Waals surface area contributed by atoms with Gasteiger partial charge in [-0.1, -0.05) is 18.2 Å². The maximum Gasteiger partial charge on any atom is 0.337 e. The molecule has 2 aromatic carbocycles. The van der Waals surface area contributed by atoms with E-state index in [4.69, 9.17) is 9.15 Å². The van der Waals surface area contributed by atoms with Crippen LogP contribution in [-0.2, 0) is 0 Å². The fourth-order valence-electron chi connectivity index (χ4n) is 2.26. The number of nitrogens with zero attached hydrogens (tertiary/aromatic N) is 1. The largest absolute Gasteiger partial charge is 0.496 e. The molecule has 0 radical (unpaired) electrons. The Morgan fingerprint density at radius 3 is 2.58 bits per heavy atom. The van der Waals surface area contributed by atoms with E-state index in [9.17, 15) is 9.59 Å². The highest BCUT2D eigenvalue weighted by atomic mass is 16.5. The molecule has 3 N–H and O–H groups in total. The third kappa shape index (κ3) is 3.99. The van der Waals surface area contributed by atoms with Crippen molar-refractivity contribution in [2.45, 2.75) is 0 Å². The molecule has 0 bridgehead atoms. The fourth-order valence-corrected chi connectivity index (χ4v) is 2.26. The summed E-state index contributed by atoms with van der Waals surface area (Å²) in [5.74, 6) is 0.639. The molecule has 3 amide bonds. The number of nitrogens with one attached hydrogen (secondary N) is 3. The number of urea groups is 1. The van der Waals surface area contributed by atoms with Crippen LogP contribution in [0.5, 0.6) is 5.75 Å². The average molecular weight is 352 g/mol. The zero-order valence-corrected chi connectivity index (χ0v) is 13.9. The number of oxazole rings is 1. The summed E-state index contributed by atoms with van der Waals surface area (Å²) in [6.45, 7) is 0. The van der Waals surface area contributed by atoms with E-state index in [1.165, 1.54) is 13.5 Å². The Hall–Kier alpha value is -3.81. The number of rotatable bonds is 4. The first kappa shape index (κ1) is 17.0. The lowest BCUT2D eigenvalue weighted by atomic mass is 10.1. The molecule has 132 valence electrons. The zero-order chi connectivity index (χ0) is 18.4. The Morgan fingerprint density at radius 1 is 1.08 bits per heavy atom. The van der Waals surface area contributed by atoms with Crippen LogP contribution in [0.2, 0.25) is 0 Å². The van der Waals surface area contributed by atoms with Gasteiger partial charge in [0.05, 0.1) is 18.9 Å². The highest BCUT2D eigenvalue weighted by molar-refractivity contribution is 5.97. The van der Waals surface area contributed by atoms with Gasteiger partial charge in [-0.05, 0) is 24.3 Å². The van der Waals surface area contributed by atoms with Crippen LogP contribution >= 0.6 is 0 Å². The maximum absolute atomic E-state index is 12.0. The number of amides is 3. The summed E-state index contributed by atoms with van der Waals surface area (Å²) in [6, 6.07) is 13.0. The van der Waals surface area contributed by atoms with E-state index in [1.54, 1.807) is 54.7 Å². The number of carbonyl (C=O) groups is 2. The van der Waals surface area contributed by atoms with E-state index < -0.39 is 11.9 Å². The molecule has 0 aliphatic carbocycles. The summed E-state index contributed by atoms with van der Waals surface area (Å²) >= 11 is 0. The summed E-state index contributed by atoms with van der Waals surface area (Å²) in [5.41, 5.74) is 6.24. The standard InChI is InChI=1S/C18H16N4O4/c1-25-15-9-13(7-8-14(15)16-10-19-11-26-16)20-18(24)22-21-17(23)12-5-3-2-4-6-12/h2-11H,1H3,(H,21,23)(H2,20,22,24). The Morgan fingerprint density at radius 2 is 1.88 bits per heavy atom. The van der Waals surface area contributed by atoms with Crippen molar-refractivity contribution in [2.24, 2.45) is 0 Å². The predicted octanol–water partition coefficient (Wildman–Crippen LogP) is 2.82. The van der Waals surface area contributed by atoms with Crippen molar-refractivity contribution in [3.05, 3.63) is 66.7 Å². The number of hydrogen-bond donors (Lipinski definition) is 3. The molecule has 0 unspecified atom stereocenters. The first-order valence-electron chi connectivity index (χ1n) is 7.66. The van der Waals surface area contributed by atoms with Crippen molar-refractivity contribution in [1.29, 1.82) is 0 Å². The SMILES string of the molecule is COc1cc(NC(=O)NNC(=O)c2ccccc2)ccc1-c1cnco1. The number of anilines is 1. The van der Waals surface area contributed by atoms with E-state index in [1.807, 2.05) is 0 Å². The van der Waals surface area contributed by atoms with E-state index in [0.29, 0.717) is 28.3 Å². The molecule has 1 heterocycles. The number of benzene rings is 2. The van der Waals surface area contributed by atoms with E-state index in [-0.39, 0.29) is 0 Å². The van der Waals surface area contributed by atoms with Gasteiger partial charge >= 0.3 is 6.03 Å². The van der Waals surface area contributed by atoms with Gasteiger partial charge in [0.15, 0.2) is 12.2 Å². The number of hydrogen-bond acceptors (Lipinski definition) is 5. The fraction of sp³-hybridized carbons (Fsp3) is 0.0556. The number of hydrazine groups is 1. The molecule has 3 rings (SSSR count). The van der Waals surface area contributed by atoms with Gasteiger partial charge in [-0.25, -0.2) is 15.2 Å². The number of methoxy groups -OCH3 is 1. The molecular weight excluding hydrogens is 336 g/mol. The van der Waals surface area contributed by atoms with Gasteiger partial charge in [0, 0.05) is 17.3 Å². The Labute approximate surface area is 149 Å². The molecule has 0 spiro atoms. The molecule has 0 aliphatic heterocycles. The molecule has 0 fully saturated rings. The van der Waals surface area contributed by atoms with Crippen LogP contribution in [0.25, 0.3) is 11.3 Å². The molecule has 8 heteroatoms. The van der Waals surface area contributed by atoms with Crippen LogP contribution in [0.1, 0.15) is 10.4 Å². The molecule has 0 saturated heterocycles. The third-order valence-corrected chi connectivity index (χ3v) is 3.48. The van der Waals surface area contributed by atoms with Crippen LogP contribution in [0.15, 0.2) is 65.5 Å². The lowest BCUT2D eigenvalue weighted by Crippen LogP contribution is -2.43. The normalized spacial score (nSPS) is 10.0. The number of ether oxygens (including phenoxy) is 1. The Balaban J connectivity index is 1.61. The van der Waals surface area contributed by atoms with Crippen molar-refractivity contribution in [2.75, 3.05) is 12.4 Å². The Kier molecular flexibility index (Phi) is 5.14. The molecule has 0 saturated carbocycles. The van der Waals surface area contributed by atoms with Crippen molar-refractivity contribution >= 4 is 17.6 Å². The van der Waals surface area contributed by atoms with Gasteiger partial charge in [0.2, 0.25) is 0 Å². The molecule has 8 nitrogen and oxygen atoms in total. The summed E-state index contributed by atoms with van der Waals surface area (Å²) < 4.78 is 10.6. The van der Waals surface area contributed by atoms with Crippen molar-refractivity contribution < 1.29 is 18.7 Å². The minimum absolute atomic E-state index is 0.418. The van der Waals surface area contributed by atoms with Gasteiger partial charge in [0.1, 0.15) is 5.75 Å². The monoisotopic (exact) mass is 352 g/mol. The molecular formula is C18H16N4O4. The van der Waals surface area contributed by atoms with Crippen LogP contribution in [0, 0.1) is 0 Å². The molecule has 0 atom stereocenters. The summed E-state index contributed by atoms with van der Waals surface area (Å²) in [4.78, 5) is 27.7. The second-order valence-electron chi connectivity index (χ2n) is 5.18. The van der Waals surface area contributed by atoms with Gasteiger partial charge in [0.25, 0.3) is 5.91 Å². The summed E-state index contributed by atoms with van der Waals surface area (Å²) in [5, 5.41) is 2.60. The first-order valence-corrected chi connectivity index (χ1v) is 7.66. The molecule has 1 aromatic heterocycles. The predicted molar refractivity (Wildman–Crippen MR) is 94.6 cm³/mol. The van der Waals surface area contributed by atoms with Gasteiger partial charge in [-0.3, -0.25) is 10.2 Å². The highest BCUT2D eigenvalue weighted by Crippen LogP contribution is 2.32. The van der Waals surface area contributed by atoms with Crippen LogP contribution < -0.4 is 20.9 Å².